The fourth-order valence-corrected chi connectivity index (χ4v) is 8.64. The highest BCUT2D eigenvalue weighted by Gasteiger charge is 2.46. The molecule has 4 aromatic rings. The summed E-state index contributed by atoms with van der Waals surface area (Å²) in [6, 6.07) is 9.61. The Labute approximate surface area is 311 Å². The van der Waals surface area contributed by atoms with E-state index in [2.05, 4.69) is 17.7 Å². The van der Waals surface area contributed by atoms with Gasteiger partial charge in [-0.15, -0.1) is 0 Å². The molecule has 2 aromatic carbocycles. The molecule has 5 N–H and O–H groups in total. The van der Waals surface area contributed by atoms with Crippen LogP contribution in [-0.2, 0) is 46.0 Å². The van der Waals surface area contributed by atoms with Gasteiger partial charge >= 0.3 is 12.0 Å². The van der Waals surface area contributed by atoms with Crippen LogP contribution in [0.2, 0.25) is 0 Å². The third-order valence-electron chi connectivity index (χ3n) is 12.0. The number of nitrogens with one attached hydrogen (secondary N) is 2. The number of halogens is 1. The van der Waals surface area contributed by atoms with Gasteiger partial charge in [-0.3, -0.25) is 9.59 Å². The highest BCUT2D eigenvalue weighted by molar-refractivity contribution is 5.95. The van der Waals surface area contributed by atoms with Crippen LogP contribution in [-0.4, -0.2) is 81.2 Å². The van der Waals surface area contributed by atoms with Crippen LogP contribution in [0.15, 0.2) is 41.2 Å². The molecule has 0 radical (unpaired) electrons. The van der Waals surface area contributed by atoms with Gasteiger partial charge in [-0.1, -0.05) is 19.1 Å². The Morgan fingerprint density at radius 2 is 1.87 bits per heavy atom. The van der Waals surface area contributed by atoms with Crippen molar-refractivity contribution in [3.8, 4) is 11.4 Å². The lowest BCUT2D eigenvalue weighted by Gasteiger charge is -2.42. The molecule has 3 atom stereocenters. The van der Waals surface area contributed by atoms with Crippen molar-refractivity contribution in [2.45, 2.75) is 77.4 Å². The number of fused-ring (bicyclic) bond motifs is 5. The number of hydrogen-bond donors (Lipinski definition) is 4. The SMILES string of the molecule is CC[C@]1(O)C(=O)OCc2c1cc1n(c2=O)Cc2c-1nc1cc(F)c(C)c3c1c2[C@@H](NC(=O)N1CC[N+](C)(Cc2ccc(NC(=O)[C@@H](C)N)cc2)CC1)CC3. The third kappa shape index (κ3) is 5.74. The lowest BCUT2D eigenvalue weighted by molar-refractivity contribution is -0.926. The molecule has 1 saturated heterocycles. The number of esters is 1. The second-order valence-electron chi connectivity index (χ2n) is 15.5. The van der Waals surface area contributed by atoms with Crippen molar-refractivity contribution in [3.05, 3.63) is 91.5 Å². The van der Waals surface area contributed by atoms with Crippen molar-refractivity contribution in [2.75, 3.05) is 38.5 Å². The number of aromatic nitrogens is 2. The minimum absolute atomic E-state index is 0.0184. The number of rotatable bonds is 6. The Hall–Kier alpha value is -5.18. The molecule has 14 heteroatoms. The molecule has 8 rings (SSSR count). The maximum absolute atomic E-state index is 15.3. The van der Waals surface area contributed by atoms with Crippen LogP contribution in [0.25, 0.3) is 22.3 Å². The number of nitrogens with zero attached hydrogens (tertiary/aromatic N) is 4. The summed E-state index contributed by atoms with van der Waals surface area (Å²) in [7, 11) is 2.18. The van der Waals surface area contributed by atoms with Crippen molar-refractivity contribution in [2.24, 2.45) is 5.73 Å². The number of cyclic esters (lactones) is 1. The van der Waals surface area contributed by atoms with Crippen LogP contribution in [0.5, 0.6) is 0 Å². The predicted molar refractivity (Wildman–Crippen MR) is 199 cm³/mol. The molecule has 4 aliphatic rings. The quantitative estimate of drug-likeness (QED) is 0.152. The highest BCUT2D eigenvalue weighted by Crippen LogP contribution is 2.46. The van der Waals surface area contributed by atoms with Gasteiger partial charge in [0.15, 0.2) is 5.60 Å². The Kier molecular flexibility index (Phi) is 8.62. The summed E-state index contributed by atoms with van der Waals surface area (Å²) >= 11 is 0. The van der Waals surface area contributed by atoms with Crippen molar-refractivity contribution >= 4 is 34.5 Å². The zero-order valence-corrected chi connectivity index (χ0v) is 30.9. The number of hydrogen-bond acceptors (Lipinski definition) is 8. The molecule has 3 amide bonds. The number of likely N-dealkylation sites (N-methyl/N-ethyl adjacent to an activating group) is 1. The van der Waals surface area contributed by atoms with Crippen molar-refractivity contribution in [1.82, 2.24) is 19.8 Å². The van der Waals surface area contributed by atoms with E-state index in [1.54, 1.807) is 31.4 Å². The number of aryl methyl sites for hydroxylation is 1. The van der Waals surface area contributed by atoms with Gasteiger partial charge in [0.25, 0.3) is 5.56 Å². The number of urea groups is 1. The van der Waals surface area contributed by atoms with Gasteiger partial charge in [-0.05, 0) is 68.0 Å². The van der Waals surface area contributed by atoms with E-state index in [0.29, 0.717) is 54.1 Å². The van der Waals surface area contributed by atoms with Crippen LogP contribution in [0.3, 0.4) is 0 Å². The van der Waals surface area contributed by atoms with Gasteiger partial charge < -0.3 is 40.2 Å². The number of pyridine rings is 2. The fraction of sp³-hybridized carbons (Fsp3) is 0.425. The number of anilines is 1. The first-order chi connectivity index (χ1) is 25.7. The van der Waals surface area contributed by atoms with Crippen LogP contribution in [0.4, 0.5) is 14.9 Å². The first kappa shape index (κ1) is 35.8. The zero-order valence-electron chi connectivity index (χ0n) is 30.9. The van der Waals surface area contributed by atoms with Gasteiger partial charge in [-0.25, -0.2) is 19.0 Å². The number of carbonyl (C=O) groups is 3. The molecular formula is C40H45FN7O6+. The molecule has 282 valence electrons. The van der Waals surface area contributed by atoms with Gasteiger partial charge in [0.2, 0.25) is 5.91 Å². The summed E-state index contributed by atoms with van der Waals surface area (Å²) in [6.45, 7) is 8.35. The summed E-state index contributed by atoms with van der Waals surface area (Å²) in [5.74, 6) is -1.42. The van der Waals surface area contributed by atoms with E-state index in [0.717, 1.165) is 51.8 Å². The van der Waals surface area contributed by atoms with Crippen LogP contribution in [0, 0.1) is 12.7 Å². The predicted octanol–water partition coefficient (Wildman–Crippen LogP) is 3.47. The molecule has 3 aliphatic heterocycles. The smallest absolute Gasteiger partial charge is 0.343 e. The zero-order chi connectivity index (χ0) is 38.3. The number of amides is 3. The van der Waals surface area contributed by atoms with Gasteiger partial charge in [0, 0.05) is 33.8 Å². The first-order valence-corrected chi connectivity index (χ1v) is 18.6. The molecule has 54 heavy (non-hydrogen) atoms. The highest BCUT2D eigenvalue weighted by atomic mass is 19.1. The Balaban J connectivity index is 1.06. The van der Waals surface area contributed by atoms with Crippen molar-refractivity contribution < 1.29 is 33.1 Å². The number of carbonyl (C=O) groups excluding carboxylic acids is 3. The Morgan fingerprint density at radius 1 is 1.15 bits per heavy atom. The largest absolute Gasteiger partial charge is 0.458 e. The average molecular weight is 739 g/mol. The molecule has 1 aliphatic carbocycles. The molecule has 13 nitrogen and oxygen atoms in total. The number of ether oxygens (including phenoxy) is 1. The fourth-order valence-electron chi connectivity index (χ4n) is 8.64. The monoisotopic (exact) mass is 738 g/mol. The van der Waals surface area contributed by atoms with E-state index in [1.165, 1.54) is 6.07 Å². The summed E-state index contributed by atoms with van der Waals surface area (Å²) in [4.78, 5) is 59.4. The normalized spacial score (nSPS) is 21.5. The molecule has 0 unspecified atom stereocenters. The van der Waals surface area contributed by atoms with Crippen LogP contribution in [0.1, 0.15) is 71.7 Å². The maximum atomic E-state index is 15.3. The molecule has 0 spiro atoms. The summed E-state index contributed by atoms with van der Waals surface area (Å²) in [6.07, 6.45) is 1.10. The standard InChI is InChI=1S/C40H44FN7O6/c1-5-40(53)28-16-32-35-26(18-47(32)37(50)27(28)20-54-38(40)51)34-30(11-10-25-21(2)29(41)17-31(44-35)33(25)34)45-39(52)46-12-14-48(4,15-13-46)19-23-6-8-24(9-7-23)43-36(49)22(3)42/h6-9,16-17,22,30,53H,5,10-15,18-20,42H2,1-4H3,(H-,43,45,49,52)/p+1/t22-,30+,40-/m1/s1. The van der Waals surface area contributed by atoms with E-state index < -0.39 is 23.7 Å². The van der Waals surface area contributed by atoms with Crippen molar-refractivity contribution in [3.63, 3.8) is 0 Å². The molecule has 1 fully saturated rings. The van der Waals surface area contributed by atoms with E-state index >= 15 is 4.39 Å². The number of aliphatic hydroxyl groups is 1. The Morgan fingerprint density at radius 3 is 2.56 bits per heavy atom. The van der Waals surface area contributed by atoms with E-state index in [1.807, 2.05) is 29.2 Å². The second kappa shape index (κ2) is 13.0. The van der Waals surface area contributed by atoms with E-state index in [9.17, 15) is 24.3 Å². The first-order valence-electron chi connectivity index (χ1n) is 18.6. The molecule has 0 saturated carbocycles. The average Bonchev–Trinajstić information content (AvgIpc) is 3.52. The van der Waals surface area contributed by atoms with E-state index in [-0.39, 0.29) is 54.0 Å². The third-order valence-corrected chi connectivity index (χ3v) is 12.0. The minimum atomic E-state index is -1.97. The summed E-state index contributed by atoms with van der Waals surface area (Å²) < 4.78 is 22.9. The molecule has 0 bridgehead atoms. The van der Waals surface area contributed by atoms with Gasteiger partial charge in [-0.2, -0.15) is 0 Å². The topological polar surface area (TPSA) is 169 Å². The van der Waals surface area contributed by atoms with Gasteiger partial charge in [0.1, 0.15) is 19.0 Å². The lowest BCUT2D eigenvalue weighted by Crippen LogP contribution is -2.59. The second-order valence-corrected chi connectivity index (χ2v) is 15.5. The number of piperazine rings is 1. The molecule has 5 heterocycles. The minimum Gasteiger partial charge on any atom is -0.458 e. The van der Waals surface area contributed by atoms with E-state index in [4.69, 9.17) is 15.5 Å². The van der Waals surface area contributed by atoms with Crippen LogP contribution < -0.4 is 21.9 Å². The number of benzene rings is 2. The maximum Gasteiger partial charge on any atom is 0.343 e. The number of quaternary nitrogens is 1. The number of nitrogens with two attached hydrogens (primary N) is 1. The Bertz CT molecular complexity index is 2310. The molecular weight excluding hydrogens is 693 g/mol. The van der Waals surface area contributed by atoms with Crippen molar-refractivity contribution in [1.29, 1.82) is 0 Å². The van der Waals surface area contributed by atoms with Crippen LogP contribution >= 0.6 is 0 Å². The summed E-state index contributed by atoms with van der Waals surface area (Å²) in [5.41, 5.74) is 9.87. The summed E-state index contributed by atoms with van der Waals surface area (Å²) in [5, 5.41) is 18.3. The lowest BCUT2D eigenvalue weighted by atomic mass is 9.81. The molecule has 2 aromatic heterocycles. The van der Waals surface area contributed by atoms with Gasteiger partial charge in [0.05, 0.1) is 74.3 Å².